The summed E-state index contributed by atoms with van der Waals surface area (Å²) in [4.78, 5) is 4.62. The molecule has 0 atom stereocenters. The highest BCUT2D eigenvalue weighted by atomic mass is 35.5. The van der Waals surface area contributed by atoms with E-state index in [0.29, 0.717) is 5.88 Å². The van der Waals surface area contributed by atoms with Gasteiger partial charge in [0.25, 0.3) is 0 Å². The number of alkyl halides is 1. The minimum Gasteiger partial charge on any atom is -0.381 e. The molecule has 3 nitrogen and oxygen atoms in total. The van der Waals surface area contributed by atoms with Crippen molar-refractivity contribution in [3.63, 3.8) is 0 Å². The van der Waals surface area contributed by atoms with Gasteiger partial charge in [0, 0.05) is 18.8 Å². The number of halogens is 2. The van der Waals surface area contributed by atoms with Gasteiger partial charge in [0.2, 0.25) is 0 Å². The molecule has 0 N–H and O–H groups in total. The van der Waals surface area contributed by atoms with Crippen LogP contribution in [-0.2, 0) is 16.2 Å². The van der Waals surface area contributed by atoms with E-state index in [4.69, 9.17) is 27.9 Å². The van der Waals surface area contributed by atoms with Crippen molar-refractivity contribution in [3.05, 3.63) is 29.0 Å². The standard InChI is InChI=1S/C14H16Cl2N2O/c1-14(5-7-19-8-6-14)18-12(9-15)17-11-4-2-3-10(16)13(11)18/h2-4H,5-9H2,1H3. The quantitative estimate of drug-likeness (QED) is 0.785. The van der Waals surface area contributed by atoms with Crippen molar-refractivity contribution in [2.24, 2.45) is 0 Å². The number of rotatable bonds is 2. The highest BCUT2D eigenvalue weighted by molar-refractivity contribution is 6.35. The molecule has 0 radical (unpaired) electrons. The van der Waals surface area contributed by atoms with Gasteiger partial charge in [-0.25, -0.2) is 4.98 Å². The van der Waals surface area contributed by atoms with Crippen LogP contribution in [0.4, 0.5) is 0 Å². The van der Waals surface area contributed by atoms with E-state index in [-0.39, 0.29) is 5.54 Å². The van der Waals surface area contributed by atoms with E-state index in [2.05, 4.69) is 16.5 Å². The normalized spacial score (nSPS) is 18.9. The van der Waals surface area contributed by atoms with Crippen molar-refractivity contribution in [2.75, 3.05) is 13.2 Å². The largest absolute Gasteiger partial charge is 0.381 e. The minimum atomic E-state index is -0.0256. The van der Waals surface area contributed by atoms with E-state index < -0.39 is 0 Å². The summed E-state index contributed by atoms with van der Waals surface area (Å²) in [5.41, 5.74) is 1.88. The number of ether oxygens (including phenoxy) is 1. The second-order valence-corrected chi connectivity index (χ2v) is 5.89. The molecule has 3 rings (SSSR count). The molecule has 19 heavy (non-hydrogen) atoms. The zero-order valence-electron chi connectivity index (χ0n) is 10.8. The van der Waals surface area contributed by atoms with Crippen molar-refractivity contribution in [3.8, 4) is 0 Å². The number of hydrogen-bond donors (Lipinski definition) is 0. The van der Waals surface area contributed by atoms with Gasteiger partial charge < -0.3 is 9.30 Å². The van der Waals surface area contributed by atoms with Gasteiger partial charge in [-0.3, -0.25) is 0 Å². The molecule has 0 spiro atoms. The van der Waals surface area contributed by atoms with Crippen LogP contribution in [0.15, 0.2) is 18.2 Å². The molecule has 0 amide bonds. The lowest BCUT2D eigenvalue weighted by Crippen LogP contribution is -2.37. The molecule has 0 saturated carbocycles. The highest BCUT2D eigenvalue weighted by Crippen LogP contribution is 2.36. The number of benzene rings is 1. The molecule has 1 aromatic carbocycles. The molecule has 102 valence electrons. The summed E-state index contributed by atoms with van der Waals surface area (Å²) in [6.45, 7) is 3.76. The summed E-state index contributed by atoms with van der Waals surface area (Å²) in [6.07, 6.45) is 1.90. The fraction of sp³-hybridized carbons (Fsp3) is 0.500. The molecular formula is C14H16Cl2N2O. The van der Waals surface area contributed by atoms with Crippen LogP contribution in [0.25, 0.3) is 11.0 Å². The fourth-order valence-electron chi connectivity index (χ4n) is 2.84. The maximum atomic E-state index is 6.38. The van der Waals surface area contributed by atoms with E-state index in [1.165, 1.54) is 0 Å². The van der Waals surface area contributed by atoms with Crippen molar-refractivity contribution < 1.29 is 4.74 Å². The number of hydrogen-bond acceptors (Lipinski definition) is 2. The van der Waals surface area contributed by atoms with Crippen LogP contribution >= 0.6 is 23.2 Å². The Morgan fingerprint density at radius 3 is 2.79 bits per heavy atom. The zero-order valence-corrected chi connectivity index (χ0v) is 12.3. The monoisotopic (exact) mass is 298 g/mol. The van der Waals surface area contributed by atoms with Gasteiger partial charge in [-0.05, 0) is 31.9 Å². The van der Waals surface area contributed by atoms with Gasteiger partial charge in [-0.15, -0.1) is 11.6 Å². The molecule has 0 bridgehead atoms. The predicted molar refractivity (Wildman–Crippen MR) is 78.0 cm³/mol. The lowest BCUT2D eigenvalue weighted by molar-refractivity contribution is 0.0303. The van der Waals surface area contributed by atoms with Gasteiger partial charge in [0.05, 0.1) is 21.9 Å². The highest BCUT2D eigenvalue weighted by Gasteiger charge is 2.33. The molecule has 0 unspecified atom stereocenters. The van der Waals surface area contributed by atoms with Crippen LogP contribution in [0, 0.1) is 0 Å². The van der Waals surface area contributed by atoms with Crippen LogP contribution < -0.4 is 0 Å². The summed E-state index contributed by atoms with van der Waals surface area (Å²) in [6, 6.07) is 5.81. The Labute approximate surface area is 122 Å². The molecule has 1 saturated heterocycles. The Morgan fingerprint density at radius 2 is 2.11 bits per heavy atom. The second kappa shape index (κ2) is 4.97. The van der Waals surface area contributed by atoms with Crippen LogP contribution in [0.3, 0.4) is 0 Å². The molecule has 1 aliphatic heterocycles. The molecule has 1 fully saturated rings. The molecule has 2 heterocycles. The molecular weight excluding hydrogens is 283 g/mol. The minimum absolute atomic E-state index is 0.0256. The van der Waals surface area contributed by atoms with Gasteiger partial charge >= 0.3 is 0 Å². The topological polar surface area (TPSA) is 27.1 Å². The number of imidazole rings is 1. The SMILES string of the molecule is CC1(n2c(CCl)nc3cccc(Cl)c32)CCOCC1. The molecule has 1 aromatic heterocycles. The number of para-hydroxylation sites is 1. The summed E-state index contributed by atoms with van der Waals surface area (Å²) < 4.78 is 7.70. The predicted octanol–water partition coefficient (Wildman–Crippen LogP) is 3.95. The van der Waals surface area contributed by atoms with Crippen molar-refractivity contribution in [1.82, 2.24) is 9.55 Å². The van der Waals surface area contributed by atoms with E-state index in [9.17, 15) is 0 Å². The Hall–Kier alpha value is -0.770. The van der Waals surface area contributed by atoms with Gasteiger partial charge in [0.1, 0.15) is 5.82 Å². The first kappa shape index (κ1) is 13.2. The molecule has 5 heteroatoms. The maximum Gasteiger partial charge on any atom is 0.125 e. The summed E-state index contributed by atoms with van der Waals surface area (Å²) >= 11 is 12.5. The molecule has 1 aliphatic rings. The first-order valence-corrected chi connectivity index (χ1v) is 7.37. The van der Waals surface area contributed by atoms with E-state index in [1.54, 1.807) is 0 Å². The smallest absolute Gasteiger partial charge is 0.125 e. The average molecular weight is 299 g/mol. The lowest BCUT2D eigenvalue weighted by atomic mass is 9.91. The Morgan fingerprint density at radius 1 is 1.37 bits per heavy atom. The van der Waals surface area contributed by atoms with Crippen LogP contribution in [0.1, 0.15) is 25.6 Å². The van der Waals surface area contributed by atoms with Gasteiger partial charge in [-0.1, -0.05) is 17.7 Å². The van der Waals surface area contributed by atoms with Crippen molar-refractivity contribution >= 4 is 34.2 Å². The van der Waals surface area contributed by atoms with E-state index in [1.807, 2.05) is 18.2 Å². The van der Waals surface area contributed by atoms with Gasteiger partial charge in [-0.2, -0.15) is 0 Å². The number of nitrogens with zero attached hydrogens (tertiary/aromatic N) is 2. The van der Waals surface area contributed by atoms with E-state index in [0.717, 1.165) is 47.9 Å². The van der Waals surface area contributed by atoms with Crippen molar-refractivity contribution in [2.45, 2.75) is 31.2 Å². The second-order valence-electron chi connectivity index (χ2n) is 5.21. The third-order valence-electron chi connectivity index (χ3n) is 3.93. The number of aromatic nitrogens is 2. The van der Waals surface area contributed by atoms with Gasteiger partial charge in [0.15, 0.2) is 0 Å². The molecule has 0 aliphatic carbocycles. The fourth-order valence-corrected chi connectivity index (χ4v) is 3.27. The lowest BCUT2D eigenvalue weighted by Gasteiger charge is -2.36. The van der Waals surface area contributed by atoms with Crippen LogP contribution in [0.5, 0.6) is 0 Å². The van der Waals surface area contributed by atoms with Crippen LogP contribution in [-0.4, -0.2) is 22.8 Å². The number of fused-ring (bicyclic) bond motifs is 1. The Bertz CT molecular complexity index is 603. The summed E-state index contributed by atoms with van der Waals surface area (Å²) in [5, 5.41) is 0.731. The third kappa shape index (κ3) is 2.14. The van der Waals surface area contributed by atoms with Crippen molar-refractivity contribution in [1.29, 1.82) is 0 Å². The Kier molecular flexibility index (Phi) is 3.46. The van der Waals surface area contributed by atoms with Crippen LogP contribution in [0.2, 0.25) is 5.02 Å². The molecule has 2 aromatic rings. The first-order chi connectivity index (χ1) is 9.15. The first-order valence-electron chi connectivity index (χ1n) is 6.46. The third-order valence-corrected chi connectivity index (χ3v) is 4.47. The average Bonchev–Trinajstić information content (AvgIpc) is 2.80. The van der Waals surface area contributed by atoms with E-state index >= 15 is 0 Å². The zero-order chi connectivity index (χ0) is 13.5. The Balaban J connectivity index is 2.25. The maximum absolute atomic E-state index is 6.38. The summed E-state index contributed by atoms with van der Waals surface area (Å²) in [7, 11) is 0. The summed E-state index contributed by atoms with van der Waals surface area (Å²) in [5.74, 6) is 1.27.